The summed E-state index contributed by atoms with van der Waals surface area (Å²) in [6, 6.07) is 16.2. The van der Waals surface area contributed by atoms with E-state index in [4.69, 9.17) is 0 Å². The number of rotatable bonds is 5. The van der Waals surface area contributed by atoms with Gasteiger partial charge >= 0.3 is 6.18 Å². The summed E-state index contributed by atoms with van der Waals surface area (Å²) >= 11 is 0. The zero-order valence-corrected chi connectivity index (χ0v) is 15.8. The van der Waals surface area contributed by atoms with Gasteiger partial charge in [-0.1, -0.05) is 30.3 Å². The highest BCUT2D eigenvalue weighted by Crippen LogP contribution is 2.33. The molecule has 0 saturated heterocycles. The van der Waals surface area contributed by atoms with Crippen LogP contribution in [0.3, 0.4) is 0 Å². The van der Waals surface area contributed by atoms with Crippen LogP contribution in [0.2, 0.25) is 0 Å². The largest absolute Gasteiger partial charge is 0.493 e. The molecule has 2 heterocycles. The van der Waals surface area contributed by atoms with E-state index in [0.29, 0.717) is 24.3 Å². The van der Waals surface area contributed by atoms with E-state index in [-0.39, 0.29) is 5.88 Å². The van der Waals surface area contributed by atoms with Gasteiger partial charge in [-0.05, 0) is 53.6 Å². The van der Waals surface area contributed by atoms with Gasteiger partial charge in [-0.3, -0.25) is 0 Å². The average Bonchev–Trinajstić information content (AvgIpc) is 2.73. The van der Waals surface area contributed by atoms with E-state index in [1.54, 1.807) is 24.5 Å². The molecule has 0 unspecified atom stereocenters. The van der Waals surface area contributed by atoms with Gasteiger partial charge in [0.25, 0.3) is 0 Å². The lowest BCUT2D eigenvalue weighted by atomic mass is 10.0. The van der Waals surface area contributed by atoms with Crippen LogP contribution in [0.25, 0.3) is 10.8 Å². The van der Waals surface area contributed by atoms with Gasteiger partial charge in [0.1, 0.15) is 5.82 Å². The second kappa shape index (κ2) is 8.02. The van der Waals surface area contributed by atoms with Crippen molar-refractivity contribution in [3.63, 3.8) is 0 Å². The third kappa shape index (κ3) is 4.35. The molecule has 7 heteroatoms. The molecule has 0 saturated carbocycles. The summed E-state index contributed by atoms with van der Waals surface area (Å²) in [5.41, 5.74) is 1.57. The third-order valence-corrected chi connectivity index (χ3v) is 4.82. The predicted octanol–water partition coefficient (Wildman–Crippen LogP) is 5.88. The fourth-order valence-electron chi connectivity index (χ4n) is 3.36. The maximum atomic E-state index is 13.0. The topological polar surface area (TPSA) is 58.0 Å². The predicted molar refractivity (Wildman–Crippen MR) is 110 cm³/mol. The van der Waals surface area contributed by atoms with Crippen molar-refractivity contribution in [3.8, 4) is 5.88 Å². The lowest BCUT2D eigenvalue weighted by Gasteiger charge is -2.14. The summed E-state index contributed by atoms with van der Waals surface area (Å²) < 4.78 is 39.0. The number of aromatic hydroxyl groups is 1. The Kier molecular flexibility index (Phi) is 5.27. The number of anilines is 2. The number of fused-ring (bicyclic) bond motifs is 1. The first-order valence-electron chi connectivity index (χ1n) is 9.35. The van der Waals surface area contributed by atoms with Crippen molar-refractivity contribution in [2.75, 3.05) is 5.32 Å². The van der Waals surface area contributed by atoms with E-state index < -0.39 is 11.7 Å². The average molecular weight is 409 g/mol. The van der Waals surface area contributed by atoms with Crippen molar-refractivity contribution in [2.24, 2.45) is 0 Å². The highest BCUT2D eigenvalue weighted by Gasteiger charge is 2.30. The molecule has 0 aliphatic heterocycles. The Morgan fingerprint density at radius 1 is 0.867 bits per heavy atom. The van der Waals surface area contributed by atoms with Gasteiger partial charge in [0, 0.05) is 29.5 Å². The van der Waals surface area contributed by atoms with E-state index in [1.165, 1.54) is 6.07 Å². The maximum Gasteiger partial charge on any atom is 0.416 e. The fourth-order valence-corrected chi connectivity index (χ4v) is 3.36. The number of hydrogen-bond acceptors (Lipinski definition) is 4. The molecule has 0 radical (unpaired) electrons. The molecule has 2 aromatic carbocycles. The molecule has 152 valence electrons. The van der Waals surface area contributed by atoms with Crippen LogP contribution in [0.4, 0.5) is 24.7 Å². The minimum atomic E-state index is -4.40. The molecule has 0 fully saturated rings. The summed E-state index contributed by atoms with van der Waals surface area (Å²) in [7, 11) is 0. The summed E-state index contributed by atoms with van der Waals surface area (Å²) in [5.74, 6) is 0.478. The highest BCUT2D eigenvalue weighted by atomic mass is 19.4. The third-order valence-electron chi connectivity index (χ3n) is 4.82. The van der Waals surface area contributed by atoms with Crippen LogP contribution in [0, 0.1) is 0 Å². The van der Waals surface area contributed by atoms with E-state index in [2.05, 4.69) is 15.3 Å². The summed E-state index contributed by atoms with van der Waals surface area (Å²) in [4.78, 5) is 8.25. The molecule has 4 aromatic rings. The van der Waals surface area contributed by atoms with Crippen molar-refractivity contribution in [1.29, 1.82) is 0 Å². The number of benzene rings is 2. The van der Waals surface area contributed by atoms with Crippen LogP contribution < -0.4 is 5.32 Å². The molecule has 30 heavy (non-hydrogen) atoms. The van der Waals surface area contributed by atoms with Crippen LogP contribution >= 0.6 is 0 Å². The first-order chi connectivity index (χ1) is 14.4. The zero-order valence-electron chi connectivity index (χ0n) is 15.8. The lowest BCUT2D eigenvalue weighted by molar-refractivity contribution is -0.137. The Balaban J connectivity index is 1.63. The van der Waals surface area contributed by atoms with Crippen molar-refractivity contribution in [2.45, 2.75) is 19.0 Å². The Morgan fingerprint density at radius 2 is 1.67 bits per heavy atom. The second-order valence-corrected chi connectivity index (χ2v) is 6.90. The number of hydrogen-bond donors (Lipinski definition) is 2. The number of aryl methyl sites for hydroxylation is 2. The summed E-state index contributed by atoms with van der Waals surface area (Å²) in [6.45, 7) is 0. The van der Waals surface area contributed by atoms with Crippen LogP contribution in [0.15, 0.2) is 73.1 Å². The van der Waals surface area contributed by atoms with Crippen molar-refractivity contribution < 1.29 is 18.3 Å². The van der Waals surface area contributed by atoms with E-state index in [9.17, 15) is 18.3 Å². The Hall–Kier alpha value is -3.61. The van der Waals surface area contributed by atoms with Crippen LogP contribution in [-0.2, 0) is 19.0 Å². The summed E-state index contributed by atoms with van der Waals surface area (Å²) in [6.07, 6.45) is 0.282. The number of nitrogens with one attached hydrogen (secondary N) is 1. The van der Waals surface area contributed by atoms with Gasteiger partial charge in [-0.25, -0.2) is 9.97 Å². The Morgan fingerprint density at radius 3 is 2.43 bits per heavy atom. The lowest BCUT2D eigenvalue weighted by Crippen LogP contribution is -2.05. The normalized spacial score (nSPS) is 11.6. The minimum absolute atomic E-state index is 0.0175. The number of pyridine rings is 2. The second-order valence-electron chi connectivity index (χ2n) is 6.90. The van der Waals surface area contributed by atoms with E-state index in [1.807, 2.05) is 30.3 Å². The summed E-state index contributed by atoms with van der Waals surface area (Å²) in [5, 5.41) is 14.3. The number of aromatic nitrogens is 2. The smallest absolute Gasteiger partial charge is 0.416 e. The molecule has 0 bridgehead atoms. The molecule has 2 aromatic heterocycles. The van der Waals surface area contributed by atoms with Crippen molar-refractivity contribution in [1.82, 2.24) is 9.97 Å². The molecule has 4 rings (SSSR count). The van der Waals surface area contributed by atoms with Gasteiger partial charge in [-0.15, -0.1) is 0 Å². The molecule has 0 aliphatic carbocycles. The molecule has 0 amide bonds. The van der Waals surface area contributed by atoms with Crippen molar-refractivity contribution >= 4 is 22.3 Å². The molecule has 0 atom stereocenters. The van der Waals surface area contributed by atoms with Crippen LogP contribution in [-0.4, -0.2) is 15.1 Å². The first-order valence-corrected chi connectivity index (χ1v) is 9.35. The van der Waals surface area contributed by atoms with Crippen molar-refractivity contribution in [3.05, 3.63) is 89.7 Å². The SMILES string of the molecule is Oc1cc(CCc2cnc(Nc3cccc(C(F)(F)F)c3)c3ccccc23)ccn1. The number of alkyl halides is 3. The molecule has 4 nitrogen and oxygen atoms in total. The highest BCUT2D eigenvalue weighted by molar-refractivity contribution is 5.95. The molecule has 0 aliphatic rings. The van der Waals surface area contributed by atoms with Crippen LogP contribution in [0.5, 0.6) is 5.88 Å². The quantitative estimate of drug-likeness (QED) is 0.432. The fraction of sp³-hybridized carbons (Fsp3) is 0.130. The Labute approximate surface area is 171 Å². The standard InChI is InChI=1S/C23H18F3N3O/c24-23(25,26)17-4-3-5-18(13-17)29-22-20-7-2-1-6-19(20)16(14-28-22)9-8-15-10-11-27-21(30)12-15/h1-7,10-14H,8-9H2,(H,27,30)(H,28,29). The van der Waals surface area contributed by atoms with E-state index >= 15 is 0 Å². The molecule has 0 spiro atoms. The zero-order chi connectivity index (χ0) is 21.1. The van der Waals surface area contributed by atoms with E-state index in [0.717, 1.165) is 34.0 Å². The monoisotopic (exact) mass is 409 g/mol. The van der Waals surface area contributed by atoms with Gasteiger partial charge in [0.05, 0.1) is 5.56 Å². The van der Waals surface area contributed by atoms with Gasteiger partial charge in [-0.2, -0.15) is 13.2 Å². The Bertz CT molecular complexity index is 1190. The van der Waals surface area contributed by atoms with Gasteiger partial charge in [0.15, 0.2) is 0 Å². The van der Waals surface area contributed by atoms with Gasteiger partial charge in [0.2, 0.25) is 5.88 Å². The van der Waals surface area contributed by atoms with Gasteiger partial charge < -0.3 is 10.4 Å². The molecule has 2 N–H and O–H groups in total. The number of nitrogens with zero attached hydrogens (tertiary/aromatic N) is 2. The minimum Gasteiger partial charge on any atom is -0.493 e. The maximum absolute atomic E-state index is 13.0. The van der Waals surface area contributed by atoms with Crippen LogP contribution in [0.1, 0.15) is 16.7 Å². The first kappa shape index (κ1) is 19.7. The number of halogens is 3. The molecular weight excluding hydrogens is 391 g/mol. The molecular formula is C23H18F3N3O.